The summed E-state index contributed by atoms with van der Waals surface area (Å²) in [6.45, 7) is 8.81. The summed E-state index contributed by atoms with van der Waals surface area (Å²) >= 11 is 0. The summed E-state index contributed by atoms with van der Waals surface area (Å²) in [5.41, 5.74) is 5.66. The molecule has 0 radical (unpaired) electrons. The van der Waals surface area contributed by atoms with Gasteiger partial charge in [-0.1, -0.05) is 6.92 Å². The van der Waals surface area contributed by atoms with E-state index in [0.717, 1.165) is 25.0 Å². The molecule has 0 aromatic carbocycles. The predicted octanol–water partition coefficient (Wildman–Crippen LogP) is 2.23. The second kappa shape index (κ2) is 5.72. The number of hydrogen-bond donors (Lipinski definition) is 1. The maximum Gasteiger partial charge on any atom is 0.0110 e. The number of rotatable bonds is 4. The van der Waals surface area contributed by atoms with Crippen LogP contribution >= 0.6 is 0 Å². The van der Waals surface area contributed by atoms with Crippen LogP contribution in [0, 0.1) is 5.92 Å². The molecule has 0 unspecified atom stereocenters. The van der Waals surface area contributed by atoms with Crippen LogP contribution in [0.4, 0.5) is 0 Å². The minimum Gasteiger partial charge on any atom is -0.329 e. The molecule has 0 aromatic heterocycles. The van der Waals surface area contributed by atoms with E-state index < -0.39 is 0 Å². The highest BCUT2D eigenvalue weighted by atomic mass is 15.2. The SMILES string of the molecule is CC1CCC(N(CCN)C(C)C)CC1. The smallest absolute Gasteiger partial charge is 0.0110 e. The van der Waals surface area contributed by atoms with Crippen LogP contribution in [0.1, 0.15) is 46.5 Å². The number of nitrogens with two attached hydrogens (primary N) is 1. The highest BCUT2D eigenvalue weighted by Gasteiger charge is 2.24. The van der Waals surface area contributed by atoms with E-state index in [0.29, 0.717) is 6.04 Å². The molecule has 2 heteroatoms. The summed E-state index contributed by atoms with van der Waals surface area (Å²) in [7, 11) is 0. The largest absolute Gasteiger partial charge is 0.329 e. The minimum absolute atomic E-state index is 0.650. The fourth-order valence-corrected chi connectivity index (χ4v) is 2.59. The first-order valence-corrected chi connectivity index (χ1v) is 6.11. The van der Waals surface area contributed by atoms with Gasteiger partial charge in [-0.3, -0.25) is 4.90 Å². The third-order valence-electron chi connectivity index (χ3n) is 3.50. The molecule has 0 aromatic rings. The summed E-state index contributed by atoms with van der Waals surface area (Å²) in [6, 6.07) is 1.45. The molecule has 1 saturated carbocycles. The lowest BCUT2D eigenvalue weighted by Crippen LogP contribution is -2.44. The van der Waals surface area contributed by atoms with Crippen molar-refractivity contribution in [2.24, 2.45) is 11.7 Å². The van der Waals surface area contributed by atoms with Gasteiger partial charge in [0.1, 0.15) is 0 Å². The molecule has 0 saturated heterocycles. The summed E-state index contributed by atoms with van der Waals surface area (Å²) in [5.74, 6) is 0.943. The summed E-state index contributed by atoms with van der Waals surface area (Å²) < 4.78 is 0. The molecule has 2 N–H and O–H groups in total. The van der Waals surface area contributed by atoms with Crippen LogP contribution in [-0.4, -0.2) is 30.1 Å². The Morgan fingerprint density at radius 3 is 2.21 bits per heavy atom. The van der Waals surface area contributed by atoms with Gasteiger partial charge in [-0.2, -0.15) is 0 Å². The standard InChI is InChI=1S/C12H26N2/c1-10(2)14(9-8-13)12-6-4-11(3)5-7-12/h10-12H,4-9,13H2,1-3H3. The summed E-state index contributed by atoms with van der Waals surface area (Å²) in [4.78, 5) is 2.59. The van der Waals surface area contributed by atoms with Gasteiger partial charge < -0.3 is 5.73 Å². The minimum atomic E-state index is 0.650. The van der Waals surface area contributed by atoms with E-state index in [2.05, 4.69) is 25.7 Å². The van der Waals surface area contributed by atoms with Crippen LogP contribution in [0.15, 0.2) is 0 Å². The molecule has 84 valence electrons. The molecule has 0 atom stereocenters. The van der Waals surface area contributed by atoms with Crippen LogP contribution in [0.25, 0.3) is 0 Å². The molecule has 0 heterocycles. The van der Waals surface area contributed by atoms with Crippen LogP contribution in [0.2, 0.25) is 0 Å². The van der Waals surface area contributed by atoms with Crippen LogP contribution in [0.3, 0.4) is 0 Å². The van der Waals surface area contributed by atoms with Gasteiger partial charge >= 0.3 is 0 Å². The van der Waals surface area contributed by atoms with Gasteiger partial charge in [-0.25, -0.2) is 0 Å². The fraction of sp³-hybridized carbons (Fsp3) is 1.00. The summed E-state index contributed by atoms with van der Waals surface area (Å²) in [5, 5.41) is 0. The first-order chi connectivity index (χ1) is 6.65. The molecule has 2 nitrogen and oxygen atoms in total. The topological polar surface area (TPSA) is 29.3 Å². The van der Waals surface area contributed by atoms with Gasteiger partial charge in [-0.05, 0) is 45.4 Å². The first-order valence-electron chi connectivity index (χ1n) is 6.11. The maximum atomic E-state index is 5.66. The highest BCUT2D eigenvalue weighted by Crippen LogP contribution is 2.27. The lowest BCUT2D eigenvalue weighted by Gasteiger charge is -2.38. The molecule has 0 bridgehead atoms. The predicted molar refractivity (Wildman–Crippen MR) is 62.3 cm³/mol. The molecule has 0 aliphatic heterocycles. The monoisotopic (exact) mass is 198 g/mol. The Bertz CT molecular complexity index is 148. The van der Waals surface area contributed by atoms with Gasteiger partial charge in [0.05, 0.1) is 0 Å². The van der Waals surface area contributed by atoms with Crippen molar-refractivity contribution in [1.82, 2.24) is 4.90 Å². The highest BCUT2D eigenvalue weighted by molar-refractivity contribution is 4.80. The zero-order valence-corrected chi connectivity index (χ0v) is 10.00. The van der Waals surface area contributed by atoms with Crippen molar-refractivity contribution in [2.45, 2.75) is 58.5 Å². The van der Waals surface area contributed by atoms with Crippen molar-refractivity contribution in [1.29, 1.82) is 0 Å². The average molecular weight is 198 g/mol. The van der Waals surface area contributed by atoms with Gasteiger partial charge in [0.25, 0.3) is 0 Å². The van der Waals surface area contributed by atoms with Crippen molar-refractivity contribution in [3.8, 4) is 0 Å². The Hall–Kier alpha value is -0.0800. The van der Waals surface area contributed by atoms with Crippen molar-refractivity contribution in [3.05, 3.63) is 0 Å². The fourth-order valence-electron chi connectivity index (χ4n) is 2.59. The average Bonchev–Trinajstić information content (AvgIpc) is 2.15. The van der Waals surface area contributed by atoms with E-state index in [9.17, 15) is 0 Å². The lowest BCUT2D eigenvalue weighted by atomic mass is 9.86. The van der Waals surface area contributed by atoms with Gasteiger partial charge in [-0.15, -0.1) is 0 Å². The Balaban J connectivity index is 2.43. The van der Waals surface area contributed by atoms with E-state index in [1.807, 2.05) is 0 Å². The Morgan fingerprint density at radius 1 is 1.21 bits per heavy atom. The van der Waals surface area contributed by atoms with E-state index in [-0.39, 0.29) is 0 Å². The molecule has 0 amide bonds. The van der Waals surface area contributed by atoms with Crippen LogP contribution in [0.5, 0.6) is 0 Å². The number of hydrogen-bond acceptors (Lipinski definition) is 2. The third-order valence-corrected chi connectivity index (χ3v) is 3.50. The third kappa shape index (κ3) is 3.25. The van der Waals surface area contributed by atoms with E-state index in [1.165, 1.54) is 25.7 Å². The Morgan fingerprint density at radius 2 is 1.79 bits per heavy atom. The summed E-state index contributed by atoms with van der Waals surface area (Å²) in [6.07, 6.45) is 5.55. The quantitative estimate of drug-likeness (QED) is 0.750. The molecular weight excluding hydrogens is 172 g/mol. The Labute approximate surface area is 88.8 Å². The van der Waals surface area contributed by atoms with Crippen molar-refractivity contribution in [2.75, 3.05) is 13.1 Å². The van der Waals surface area contributed by atoms with Crippen molar-refractivity contribution < 1.29 is 0 Å². The van der Waals surface area contributed by atoms with Gasteiger partial charge in [0.15, 0.2) is 0 Å². The van der Waals surface area contributed by atoms with Gasteiger partial charge in [0, 0.05) is 25.2 Å². The lowest BCUT2D eigenvalue weighted by molar-refractivity contribution is 0.111. The zero-order valence-electron chi connectivity index (χ0n) is 10.00. The van der Waals surface area contributed by atoms with Crippen molar-refractivity contribution >= 4 is 0 Å². The molecule has 0 spiro atoms. The molecule has 1 aliphatic carbocycles. The first kappa shape index (κ1) is 12.0. The molecule has 1 fully saturated rings. The van der Waals surface area contributed by atoms with E-state index in [4.69, 9.17) is 5.73 Å². The second-order valence-corrected chi connectivity index (χ2v) is 5.03. The van der Waals surface area contributed by atoms with Gasteiger partial charge in [0.2, 0.25) is 0 Å². The normalized spacial score (nSPS) is 28.7. The molecular formula is C12H26N2. The molecule has 1 aliphatic rings. The second-order valence-electron chi connectivity index (χ2n) is 5.03. The van der Waals surface area contributed by atoms with E-state index >= 15 is 0 Å². The Kier molecular flexibility index (Phi) is 4.90. The van der Waals surface area contributed by atoms with Crippen LogP contribution < -0.4 is 5.73 Å². The number of nitrogens with zero attached hydrogens (tertiary/aromatic N) is 1. The maximum absolute atomic E-state index is 5.66. The molecule has 1 rings (SSSR count). The molecule has 14 heavy (non-hydrogen) atoms. The zero-order chi connectivity index (χ0) is 10.6. The van der Waals surface area contributed by atoms with Crippen LogP contribution in [-0.2, 0) is 0 Å². The van der Waals surface area contributed by atoms with E-state index in [1.54, 1.807) is 0 Å². The van der Waals surface area contributed by atoms with Crippen molar-refractivity contribution in [3.63, 3.8) is 0 Å².